The van der Waals surface area contributed by atoms with Crippen molar-refractivity contribution in [2.24, 2.45) is 0 Å². The minimum absolute atomic E-state index is 0.101. The number of rotatable bonds is 0. The Balaban J connectivity index is 2.03. The second-order valence-electron chi connectivity index (χ2n) is 3.68. The van der Waals surface area contributed by atoms with Crippen LogP contribution >= 0.6 is 9.88 Å². The lowest BCUT2D eigenvalue weighted by Gasteiger charge is -2.55. The van der Waals surface area contributed by atoms with Crippen LogP contribution in [-0.2, 0) is 0 Å². The summed E-state index contributed by atoms with van der Waals surface area (Å²) < 4.78 is 0. The van der Waals surface area contributed by atoms with Crippen LogP contribution in [0, 0.1) is 0 Å². The molecule has 2 fully saturated rings. The van der Waals surface area contributed by atoms with E-state index in [2.05, 4.69) is 13.5 Å². The van der Waals surface area contributed by atoms with E-state index in [1.165, 1.54) is 25.6 Å². The van der Waals surface area contributed by atoms with Crippen molar-refractivity contribution in [3.8, 4) is 0 Å². The van der Waals surface area contributed by atoms with E-state index in [4.69, 9.17) is 0 Å². The smallest absolute Gasteiger partial charge is 0.171 e. The first kappa shape index (κ1) is 7.09. The maximum Gasteiger partial charge on any atom is 0.171 e. The Bertz CT molecular complexity index is 131. The van der Waals surface area contributed by atoms with Gasteiger partial charge in [0, 0.05) is 0 Å². The van der Waals surface area contributed by atoms with Gasteiger partial charge >= 0.3 is 0 Å². The Morgan fingerprint density at radius 3 is 2.50 bits per heavy atom. The fraction of sp³-hybridized carbons (Fsp3) is 1.00. The van der Waals surface area contributed by atoms with Crippen LogP contribution in [0.3, 0.4) is 0 Å². The van der Waals surface area contributed by atoms with Crippen molar-refractivity contribution < 1.29 is 0 Å². The average molecular weight is 155 g/mol. The predicted molar refractivity (Wildman–Crippen MR) is 51.2 cm³/mol. The first-order valence-electron chi connectivity index (χ1n) is 4.44. The molecule has 1 spiro atoms. The van der Waals surface area contributed by atoms with Gasteiger partial charge in [-0.25, -0.2) is 0 Å². The summed E-state index contributed by atoms with van der Waals surface area (Å²) in [4.78, 5) is 0. The van der Waals surface area contributed by atoms with Crippen molar-refractivity contribution in [3.63, 3.8) is 0 Å². The molecule has 0 N–H and O–H groups in total. The summed E-state index contributed by atoms with van der Waals surface area (Å²) in [5.41, 5.74) is 0. The molecule has 2 heteroatoms. The largest absolute Gasteiger partial charge is 0.274 e. The molecule has 0 aliphatic carbocycles. The zero-order chi connectivity index (χ0) is 7.03. The maximum absolute atomic E-state index is 2.66. The van der Waals surface area contributed by atoms with Gasteiger partial charge in [-0.15, -0.1) is 0 Å². The standard InChI is InChI=1S/C8H16BS/c1-8-4-2-3-6-10(8)7-5-9-10/h8H,2-7H2,1H3. The lowest BCUT2D eigenvalue weighted by atomic mass is 10.0. The van der Waals surface area contributed by atoms with E-state index >= 15 is 0 Å². The minimum Gasteiger partial charge on any atom is -0.274 e. The highest BCUT2D eigenvalue weighted by Crippen LogP contribution is 2.62. The van der Waals surface area contributed by atoms with Crippen molar-refractivity contribution in [2.45, 2.75) is 37.8 Å². The Morgan fingerprint density at radius 2 is 2.10 bits per heavy atom. The van der Waals surface area contributed by atoms with Gasteiger partial charge in [0.25, 0.3) is 0 Å². The molecule has 2 unspecified atom stereocenters. The van der Waals surface area contributed by atoms with Crippen LogP contribution in [0.5, 0.6) is 0 Å². The fourth-order valence-electron chi connectivity index (χ4n) is 2.21. The van der Waals surface area contributed by atoms with Crippen LogP contribution in [0.15, 0.2) is 0 Å². The van der Waals surface area contributed by atoms with Gasteiger partial charge in [0.2, 0.25) is 0 Å². The van der Waals surface area contributed by atoms with Gasteiger partial charge in [-0.2, -0.15) is 0 Å². The van der Waals surface area contributed by atoms with Crippen LogP contribution in [-0.4, -0.2) is 23.3 Å². The van der Waals surface area contributed by atoms with Gasteiger partial charge in [0.15, 0.2) is 6.56 Å². The second kappa shape index (κ2) is 2.47. The summed E-state index contributed by atoms with van der Waals surface area (Å²) in [7, 11) is -0.101. The lowest BCUT2D eigenvalue weighted by molar-refractivity contribution is 0.682. The molecular weight excluding hydrogens is 139 g/mol. The molecule has 2 aliphatic heterocycles. The molecule has 0 amide bonds. The van der Waals surface area contributed by atoms with E-state index in [9.17, 15) is 0 Å². The number of hydrogen-bond acceptors (Lipinski definition) is 0. The molecular formula is C8H16BS. The zero-order valence-electron chi connectivity index (χ0n) is 6.81. The minimum atomic E-state index is -0.101. The Labute approximate surface area is 66.2 Å². The molecule has 1 radical (unpaired) electrons. The van der Waals surface area contributed by atoms with E-state index in [-0.39, 0.29) is 9.88 Å². The van der Waals surface area contributed by atoms with Gasteiger partial charge in [-0.3, -0.25) is 9.88 Å². The van der Waals surface area contributed by atoms with Crippen molar-refractivity contribution in [2.75, 3.05) is 11.5 Å². The first-order chi connectivity index (χ1) is 4.83. The van der Waals surface area contributed by atoms with Crippen molar-refractivity contribution in [1.82, 2.24) is 0 Å². The molecule has 0 bridgehead atoms. The average Bonchev–Trinajstić information content (AvgIpc) is 1.85. The summed E-state index contributed by atoms with van der Waals surface area (Å²) in [6.07, 6.45) is 5.98. The van der Waals surface area contributed by atoms with Gasteiger partial charge in [-0.05, 0) is 29.6 Å². The molecule has 57 valence electrons. The zero-order valence-corrected chi connectivity index (χ0v) is 7.62. The van der Waals surface area contributed by atoms with Crippen molar-refractivity contribution in [1.29, 1.82) is 0 Å². The molecule has 2 rings (SSSR count). The predicted octanol–water partition coefficient (Wildman–Crippen LogP) is 2.41. The van der Waals surface area contributed by atoms with Crippen LogP contribution in [0.25, 0.3) is 0 Å². The highest BCUT2D eigenvalue weighted by molar-refractivity contribution is 8.54. The molecule has 2 heterocycles. The molecule has 2 saturated heterocycles. The first-order valence-corrected chi connectivity index (χ1v) is 6.54. The third-order valence-corrected chi connectivity index (χ3v) is 7.92. The maximum atomic E-state index is 2.66. The molecule has 0 saturated carbocycles. The summed E-state index contributed by atoms with van der Waals surface area (Å²) in [6.45, 7) is 5.14. The summed E-state index contributed by atoms with van der Waals surface area (Å²) in [6, 6.07) is 0. The van der Waals surface area contributed by atoms with Crippen molar-refractivity contribution >= 4 is 16.4 Å². The molecule has 2 atom stereocenters. The molecule has 0 aromatic carbocycles. The normalized spacial score (nSPS) is 52.7. The van der Waals surface area contributed by atoms with E-state index in [0.29, 0.717) is 0 Å². The topological polar surface area (TPSA) is 0 Å². The highest BCUT2D eigenvalue weighted by atomic mass is 32.3. The van der Waals surface area contributed by atoms with E-state index in [1.807, 2.05) is 0 Å². The summed E-state index contributed by atoms with van der Waals surface area (Å²) in [5.74, 6) is 3.16. The molecule has 10 heavy (non-hydrogen) atoms. The number of hydrogen-bond donors (Lipinski definition) is 0. The monoisotopic (exact) mass is 155 g/mol. The van der Waals surface area contributed by atoms with Crippen molar-refractivity contribution in [3.05, 3.63) is 0 Å². The SMILES string of the molecule is CC1CCCCS12[B]CC2. The van der Waals surface area contributed by atoms with E-state index in [0.717, 1.165) is 5.25 Å². The van der Waals surface area contributed by atoms with Gasteiger partial charge in [0.1, 0.15) is 0 Å². The summed E-state index contributed by atoms with van der Waals surface area (Å²) >= 11 is 0. The molecule has 0 aromatic heterocycles. The van der Waals surface area contributed by atoms with Crippen LogP contribution in [0.4, 0.5) is 0 Å². The highest BCUT2D eigenvalue weighted by Gasteiger charge is 2.38. The Morgan fingerprint density at radius 1 is 1.30 bits per heavy atom. The third-order valence-electron chi connectivity index (χ3n) is 3.13. The van der Waals surface area contributed by atoms with E-state index < -0.39 is 0 Å². The lowest BCUT2D eigenvalue weighted by Crippen LogP contribution is -2.37. The molecule has 2 aliphatic rings. The fourth-order valence-corrected chi connectivity index (χ4v) is 5.93. The quantitative estimate of drug-likeness (QED) is 0.471. The van der Waals surface area contributed by atoms with Crippen LogP contribution < -0.4 is 0 Å². The summed E-state index contributed by atoms with van der Waals surface area (Å²) in [5, 5.41) is 1.08. The molecule has 0 nitrogen and oxygen atoms in total. The van der Waals surface area contributed by atoms with Gasteiger partial charge < -0.3 is 0 Å². The van der Waals surface area contributed by atoms with E-state index in [1.54, 1.807) is 11.5 Å². The third kappa shape index (κ3) is 0.921. The van der Waals surface area contributed by atoms with Gasteiger partial charge in [-0.1, -0.05) is 19.7 Å². The van der Waals surface area contributed by atoms with Crippen LogP contribution in [0.2, 0.25) is 6.32 Å². The second-order valence-corrected chi connectivity index (χ2v) is 7.65. The molecule has 0 aromatic rings. The van der Waals surface area contributed by atoms with Gasteiger partial charge in [0.05, 0.1) is 0 Å². The Kier molecular flexibility index (Phi) is 1.75. The Hall–Kier alpha value is 0.415. The van der Waals surface area contributed by atoms with Crippen LogP contribution in [0.1, 0.15) is 26.2 Å².